The standard InChI is InChI=1S/C17H19N5O2S/c1-4-21(7-8-23)17-19-16-13(10(2)11(3)25-16)15-18-14(20-22(15)17)12-6-5-9-24-12/h5-6,9,23H,4,7-8H2,1-3H3. The molecule has 25 heavy (non-hydrogen) atoms. The zero-order valence-electron chi connectivity index (χ0n) is 14.4. The van der Waals surface area contributed by atoms with Crippen molar-refractivity contribution in [1.29, 1.82) is 0 Å². The summed E-state index contributed by atoms with van der Waals surface area (Å²) in [7, 11) is 0. The molecule has 0 saturated heterocycles. The van der Waals surface area contributed by atoms with Crippen LogP contribution in [0.25, 0.3) is 27.4 Å². The van der Waals surface area contributed by atoms with Crippen LogP contribution < -0.4 is 4.90 Å². The van der Waals surface area contributed by atoms with E-state index < -0.39 is 0 Å². The van der Waals surface area contributed by atoms with Gasteiger partial charge in [-0.05, 0) is 38.5 Å². The number of likely N-dealkylation sites (N-methyl/N-ethyl adjacent to an activating group) is 1. The number of hydrogen-bond acceptors (Lipinski definition) is 7. The molecule has 4 aromatic heterocycles. The average Bonchev–Trinajstić information content (AvgIpc) is 3.31. The molecule has 0 aliphatic rings. The molecule has 4 aromatic rings. The number of fused-ring (bicyclic) bond motifs is 3. The third kappa shape index (κ3) is 2.49. The number of hydrogen-bond donors (Lipinski definition) is 1. The van der Waals surface area contributed by atoms with E-state index in [2.05, 4.69) is 18.9 Å². The van der Waals surface area contributed by atoms with Crippen molar-refractivity contribution >= 4 is 33.1 Å². The Kier molecular flexibility index (Phi) is 3.93. The molecule has 4 heterocycles. The molecule has 0 atom stereocenters. The van der Waals surface area contributed by atoms with Gasteiger partial charge in [0.15, 0.2) is 11.4 Å². The number of nitrogens with zero attached hydrogens (tertiary/aromatic N) is 5. The normalized spacial score (nSPS) is 11.7. The lowest BCUT2D eigenvalue weighted by atomic mass is 10.2. The first-order valence-electron chi connectivity index (χ1n) is 8.20. The number of furan rings is 1. The number of anilines is 1. The molecule has 4 rings (SSSR count). The van der Waals surface area contributed by atoms with Gasteiger partial charge < -0.3 is 14.4 Å². The highest BCUT2D eigenvalue weighted by Crippen LogP contribution is 2.34. The molecule has 0 saturated carbocycles. The van der Waals surface area contributed by atoms with Crippen molar-refractivity contribution in [3.05, 3.63) is 28.8 Å². The molecule has 0 radical (unpaired) electrons. The molecule has 0 bridgehead atoms. The van der Waals surface area contributed by atoms with Crippen LogP contribution in [0, 0.1) is 13.8 Å². The van der Waals surface area contributed by atoms with E-state index >= 15 is 0 Å². The summed E-state index contributed by atoms with van der Waals surface area (Å²) < 4.78 is 7.22. The van der Waals surface area contributed by atoms with Crippen LogP contribution in [-0.4, -0.2) is 44.4 Å². The number of rotatable bonds is 5. The number of thiophene rings is 1. The van der Waals surface area contributed by atoms with Gasteiger partial charge in [-0.25, -0.2) is 9.97 Å². The third-order valence-electron chi connectivity index (χ3n) is 4.36. The van der Waals surface area contributed by atoms with Crippen LogP contribution in [0.3, 0.4) is 0 Å². The molecule has 1 N–H and O–H groups in total. The third-order valence-corrected chi connectivity index (χ3v) is 5.47. The summed E-state index contributed by atoms with van der Waals surface area (Å²) in [6, 6.07) is 3.66. The van der Waals surface area contributed by atoms with Gasteiger partial charge in [-0.2, -0.15) is 4.52 Å². The molecule has 0 aliphatic heterocycles. The SMILES string of the molecule is CCN(CCO)c1nc2sc(C)c(C)c2c2nc(-c3ccco3)nn12. The fraction of sp³-hybridized carbons (Fsp3) is 0.353. The predicted octanol–water partition coefficient (Wildman–Crippen LogP) is 3.03. The lowest BCUT2D eigenvalue weighted by molar-refractivity contribution is 0.301. The van der Waals surface area contributed by atoms with E-state index in [-0.39, 0.29) is 6.61 Å². The Hall–Kier alpha value is -2.45. The Morgan fingerprint density at radius 2 is 2.16 bits per heavy atom. The fourth-order valence-electron chi connectivity index (χ4n) is 2.94. The Labute approximate surface area is 148 Å². The highest BCUT2D eigenvalue weighted by atomic mass is 32.1. The number of aliphatic hydroxyl groups is 1. The molecule has 0 aromatic carbocycles. The summed E-state index contributed by atoms with van der Waals surface area (Å²) >= 11 is 1.66. The Balaban J connectivity index is 2.06. The minimum Gasteiger partial charge on any atom is -0.461 e. The van der Waals surface area contributed by atoms with Gasteiger partial charge in [0.1, 0.15) is 4.83 Å². The maximum atomic E-state index is 9.39. The number of aryl methyl sites for hydroxylation is 2. The van der Waals surface area contributed by atoms with Crippen molar-refractivity contribution in [3.8, 4) is 11.6 Å². The maximum Gasteiger partial charge on any atom is 0.230 e. The summed E-state index contributed by atoms with van der Waals surface area (Å²) in [5.74, 6) is 1.84. The molecule has 0 fully saturated rings. The van der Waals surface area contributed by atoms with E-state index in [1.54, 1.807) is 22.1 Å². The van der Waals surface area contributed by atoms with Gasteiger partial charge >= 0.3 is 0 Å². The first-order chi connectivity index (χ1) is 12.1. The van der Waals surface area contributed by atoms with Crippen molar-refractivity contribution in [3.63, 3.8) is 0 Å². The van der Waals surface area contributed by atoms with Crippen LogP contribution in [-0.2, 0) is 0 Å². The van der Waals surface area contributed by atoms with Crippen molar-refractivity contribution in [2.45, 2.75) is 20.8 Å². The van der Waals surface area contributed by atoms with Gasteiger partial charge in [-0.15, -0.1) is 16.4 Å². The largest absolute Gasteiger partial charge is 0.461 e. The molecule has 8 heteroatoms. The van der Waals surface area contributed by atoms with Gasteiger partial charge in [-0.1, -0.05) is 0 Å². The molecule has 7 nitrogen and oxygen atoms in total. The van der Waals surface area contributed by atoms with Crippen molar-refractivity contribution in [2.75, 3.05) is 24.6 Å². The van der Waals surface area contributed by atoms with Crippen molar-refractivity contribution in [1.82, 2.24) is 19.6 Å². The lowest BCUT2D eigenvalue weighted by Crippen LogP contribution is -2.29. The Morgan fingerprint density at radius 3 is 2.84 bits per heavy atom. The predicted molar refractivity (Wildman–Crippen MR) is 98.3 cm³/mol. The number of aliphatic hydroxyl groups excluding tert-OH is 1. The van der Waals surface area contributed by atoms with Gasteiger partial charge in [0.25, 0.3) is 0 Å². The zero-order chi connectivity index (χ0) is 17.6. The summed E-state index contributed by atoms with van der Waals surface area (Å²) in [4.78, 5) is 13.7. The Bertz CT molecular complexity index is 1030. The molecule has 0 unspecified atom stereocenters. The number of aromatic nitrogens is 4. The first-order valence-corrected chi connectivity index (χ1v) is 9.01. The topological polar surface area (TPSA) is 79.7 Å². The highest BCUT2D eigenvalue weighted by molar-refractivity contribution is 7.18. The van der Waals surface area contributed by atoms with Crippen LogP contribution >= 0.6 is 11.3 Å². The highest BCUT2D eigenvalue weighted by Gasteiger charge is 2.21. The van der Waals surface area contributed by atoms with E-state index in [1.165, 1.54) is 10.4 Å². The van der Waals surface area contributed by atoms with Crippen LogP contribution in [0.1, 0.15) is 17.4 Å². The minimum atomic E-state index is 0.0529. The smallest absolute Gasteiger partial charge is 0.230 e. The zero-order valence-corrected chi connectivity index (χ0v) is 15.2. The lowest BCUT2D eigenvalue weighted by Gasteiger charge is -2.20. The monoisotopic (exact) mass is 357 g/mol. The van der Waals surface area contributed by atoms with E-state index in [1.807, 2.05) is 24.0 Å². The average molecular weight is 357 g/mol. The van der Waals surface area contributed by atoms with Crippen LogP contribution in [0.5, 0.6) is 0 Å². The maximum absolute atomic E-state index is 9.39. The summed E-state index contributed by atoms with van der Waals surface area (Å²) in [5.41, 5.74) is 1.94. The van der Waals surface area contributed by atoms with Gasteiger partial charge in [0, 0.05) is 18.0 Å². The van der Waals surface area contributed by atoms with Gasteiger partial charge in [0.2, 0.25) is 11.8 Å². The summed E-state index contributed by atoms with van der Waals surface area (Å²) in [5, 5.41) is 15.1. The quantitative estimate of drug-likeness (QED) is 0.591. The van der Waals surface area contributed by atoms with Gasteiger partial charge in [0.05, 0.1) is 18.3 Å². The summed E-state index contributed by atoms with van der Waals surface area (Å²) in [6.07, 6.45) is 1.61. The molecule has 0 aliphatic carbocycles. The van der Waals surface area contributed by atoms with Crippen molar-refractivity contribution < 1.29 is 9.52 Å². The van der Waals surface area contributed by atoms with Gasteiger partial charge in [-0.3, -0.25) is 0 Å². The van der Waals surface area contributed by atoms with E-state index in [4.69, 9.17) is 14.4 Å². The van der Waals surface area contributed by atoms with E-state index in [0.29, 0.717) is 30.6 Å². The molecule has 0 amide bonds. The fourth-order valence-corrected chi connectivity index (χ4v) is 3.96. The molecular weight excluding hydrogens is 338 g/mol. The molecule has 130 valence electrons. The molecule has 0 spiro atoms. The van der Waals surface area contributed by atoms with E-state index in [0.717, 1.165) is 15.9 Å². The second-order valence-corrected chi connectivity index (χ2v) is 7.03. The van der Waals surface area contributed by atoms with Crippen LogP contribution in [0.2, 0.25) is 0 Å². The minimum absolute atomic E-state index is 0.0529. The van der Waals surface area contributed by atoms with Crippen LogP contribution in [0.15, 0.2) is 22.8 Å². The van der Waals surface area contributed by atoms with E-state index in [9.17, 15) is 5.11 Å². The Morgan fingerprint density at radius 1 is 1.32 bits per heavy atom. The molecular formula is C17H19N5O2S. The van der Waals surface area contributed by atoms with Crippen molar-refractivity contribution in [2.24, 2.45) is 0 Å². The van der Waals surface area contributed by atoms with Crippen LogP contribution in [0.4, 0.5) is 5.95 Å². The second kappa shape index (κ2) is 6.12. The summed E-state index contributed by atoms with van der Waals surface area (Å²) in [6.45, 7) is 7.46. The first kappa shape index (κ1) is 16.0. The second-order valence-electron chi connectivity index (χ2n) is 5.83.